The van der Waals surface area contributed by atoms with Gasteiger partial charge in [-0.3, -0.25) is 0 Å². The van der Waals surface area contributed by atoms with Crippen molar-refractivity contribution in [3.63, 3.8) is 0 Å². The van der Waals surface area contributed by atoms with Crippen molar-refractivity contribution >= 4 is 0 Å². The highest BCUT2D eigenvalue weighted by Crippen LogP contribution is 2.21. The van der Waals surface area contributed by atoms with Gasteiger partial charge in [-0.1, -0.05) is 37.6 Å². The first-order valence-electron chi connectivity index (χ1n) is 8.48. The molecule has 1 atom stereocenters. The Morgan fingerprint density at radius 2 is 1.79 bits per heavy atom. The molecule has 0 aliphatic heterocycles. The standard InChI is InChI=1S/C20H25FN2O/c1-3-13-24-19-11-9-17(10-12-19)18-14-22-20(23-15-18)8-6-4-5-7-16(2)21/h3,9-12,14-16H,1,4-8,13H2,2H3. The quantitative estimate of drug-likeness (QED) is 0.446. The van der Waals surface area contributed by atoms with Gasteiger partial charge >= 0.3 is 0 Å². The van der Waals surface area contributed by atoms with Gasteiger partial charge in [0.1, 0.15) is 18.2 Å². The minimum absolute atomic E-state index is 0.501. The van der Waals surface area contributed by atoms with Gasteiger partial charge in [0.2, 0.25) is 0 Å². The van der Waals surface area contributed by atoms with Crippen molar-refractivity contribution in [2.75, 3.05) is 6.61 Å². The second-order valence-electron chi connectivity index (χ2n) is 5.89. The van der Waals surface area contributed by atoms with Gasteiger partial charge in [0.25, 0.3) is 0 Å². The van der Waals surface area contributed by atoms with Crippen molar-refractivity contribution in [2.45, 2.75) is 45.2 Å². The van der Waals surface area contributed by atoms with Crippen LogP contribution in [0.25, 0.3) is 11.1 Å². The van der Waals surface area contributed by atoms with Gasteiger partial charge < -0.3 is 4.74 Å². The summed E-state index contributed by atoms with van der Waals surface area (Å²) in [6, 6.07) is 7.85. The average Bonchev–Trinajstić information content (AvgIpc) is 2.60. The first-order chi connectivity index (χ1) is 11.7. The van der Waals surface area contributed by atoms with E-state index in [-0.39, 0.29) is 0 Å². The molecule has 1 heterocycles. The van der Waals surface area contributed by atoms with Crippen molar-refractivity contribution in [3.05, 3.63) is 55.1 Å². The van der Waals surface area contributed by atoms with E-state index in [9.17, 15) is 4.39 Å². The third kappa shape index (κ3) is 6.11. The summed E-state index contributed by atoms with van der Waals surface area (Å²) in [7, 11) is 0. The van der Waals surface area contributed by atoms with Crippen molar-refractivity contribution in [3.8, 4) is 16.9 Å². The minimum atomic E-state index is -0.700. The van der Waals surface area contributed by atoms with Crippen LogP contribution in [0.15, 0.2) is 49.3 Å². The van der Waals surface area contributed by atoms with Crippen LogP contribution in [0, 0.1) is 0 Å². The molecule has 0 amide bonds. The maximum Gasteiger partial charge on any atom is 0.128 e. The van der Waals surface area contributed by atoms with Crippen LogP contribution in [0.1, 0.15) is 38.4 Å². The van der Waals surface area contributed by atoms with Gasteiger partial charge in [-0.05, 0) is 37.5 Å². The Morgan fingerprint density at radius 3 is 2.42 bits per heavy atom. The van der Waals surface area contributed by atoms with E-state index in [1.54, 1.807) is 13.0 Å². The van der Waals surface area contributed by atoms with E-state index < -0.39 is 6.17 Å². The van der Waals surface area contributed by atoms with Crippen LogP contribution in [0.5, 0.6) is 5.75 Å². The summed E-state index contributed by atoms with van der Waals surface area (Å²) in [5.41, 5.74) is 2.05. The molecule has 0 aliphatic rings. The number of halogens is 1. The molecule has 24 heavy (non-hydrogen) atoms. The zero-order valence-corrected chi connectivity index (χ0v) is 14.2. The van der Waals surface area contributed by atoms with E-state index in [0.717, 1.165) is 48.4 Å². The molecule has 1 aromatic carbocycles. The summed E-state index contributed by atoms with van der Waals surface area (Å²) >= 11 is 0. The summed E-state index contributed by atoms with van der Waals surface area (Å²) in [6.07, 6.45) is 9.16. The predicted octanol–water partition coefficient (Wildman–Crippen LogP) is 5.17. The molecule has 0 spiro atoms. The Hall–Kier alpha value is -2.23. The van der Waals surface area contributed by atoms with Crippen LogP contribution in [0.4, 0.5) is 4.39 Å². The van der Waals surface area contributed by atoms with Gasteiger partial charge in [0.05, 0.1) is 6.17 Å². The van der Waals surface area contributed by atoms with E-state index >= 15 is 0 Å². The van der Waals surface area contributed by atoms with E-state index in [2.05, 4.69) is 16.5 Å². The molecule has 0 radical (unpaired) electrons. The number of alkyl halides is 1. The number of hydrogen-bond donors (Lipinski definition) is 0. The third-order valence-corrected chi connectivity index (χ3v) is 3.76. The zero-order valence-electron chi connectivity index (χ0n) is 14.2. The number of aryl methyl sites for hydroxylation is 1. The van der Waals surface area contributed by atoms with Gasteiger partial charge in [0, 0.05) is 24.4 Å². The lowest BCUT2D eigenvalue weighted by molar-refractivity contribution is 0.330. The van der Waals surface area contributed by atoms with Crippen molar-refractivity contribution in [1.29, 1.82) is 0 Å². The first kappa shape index (κ1) is 18.1. The molecule has 0 aliphatic carbocycles. The molecule has 0 saturated heterocycles. The molecule has 0 saturated carbocycles. The number of rotatable bonds is 10. The molecule has 3 nitrogen and oxygen atoms in total. The maximum absolute atomic E-state index is 12.7. The normalized spacial score (nSPS) is 11.9. The molecular weight excluding hydrogens is 303 g/mol. The summed E-state index contributed by atoms with van der Waals surface area (Å²) in [6.45, 7) is 5.74. The second-order valence-corrected chi connectivity index (χ2v) is 5.89. The van der Waals surface area contributed by atoms with E-state index in [4.69, 9.17) is 4.74 Å². The van der Waals surface area contributed by atoms with Crippen molar-refractivity contribution in [1.82, 2.24) is 9.97 Å². The van der Waals surface area contributed by atoms with Crippen LogP contribution < -0.4 is 4.74 Å². The van der Waals surface area contributed by atoms with Crippen molar-refractivity contribution in [2.24, 2.45) is 0 Å². The first-order valence-corrected chi connectivity index (χ1v) is 8.48. The Balaban J connectivity index is 1.83. The van der Waals surface area contributed by atoms with E-state index in [1.165, 1.54) is 0 Å². The van der Waals surface area contributed by atoms with E-state index in [1.807, 2.05) is 36.7 Å². The molecule has 2 rings (SSSR count). The highest BCUT2D eigenvalue weighted by atomic mass is 19.1. The fourth-order valence-corrected chi connectivity index (χ4v) is 2.42. The number of benzene rings is 1. The molecule has 0 bridgehead atoms. The Labute approximate surface area is 143 Å². The lowest BCUT2D eigenvalue weighted by Gasteiger charge is -2.06. The zero-order chi connectivity index (χ0) is 17.2. The maximum atomic E-state index is 12.7. The number of aromatic nitrogens is 2. The fourth-order valence-electron chi connectivity index (χ4n) is 2.42. The number of unbranched alkanes of at least 4 members (excludes halogenated alkanes) is 2. The van der Waals surface area contributed by atoms with Gasteiger partial charge in [0.15, 0.2) is 0 Å². The minimum Gasteiger partial charge on any atom is -0.490 e. The molecule has 1 aromatic heterocycles. The second kappa shape index (κ2) is 9.81. The average molecular weight is 328 g/mol. The molecule has 0 fully saturated rings. The number of nitrogens with zero attached hydrogens (tertiary/aromatic N) is 2. The number of ether oxygens (including phenoxy) is 1. The molecule has 0 N–H and O–H groups in total. The monoisotopic (exact) mass is 328 g/mol. The molecule has 1 unspecified atom stereocenters. The molecule has 128 valence electrons. The SMILES string of the molecule is C=CCOc1ccc(-c2cnc(CCCCCC(C)F)nc2)cc1. The topological polar surface area (TPSA) is 35.0 Å². The Bertz CT molecular complexity index is 609. The molecule has 4 heteroatoms. The lowest BCUT2D eigenvalue weighted by Crippen LogP contribution is -1.97. The highest BCUT2D eigenvalue weighted by Gasteiger charge is 2.03. The van der Waals surface area contributed by atoms with Crippen molar-refractivity contribution < 1.29 is 9.13 Å². The van der Waals surface area contributed by atoms with Gasteiger partial charge in [-0.2, -0.15) is 0 Å². The summed E-state index contributed by atoms with van der Waals surface area (Å²) in [5.74, 6) is 1.66. The third-order valence-electron chi connectivity index (χ3n) is 3.76. The van der Waals surface area contributed by atoms with Gasteiger partial charge in [-0.25, -0.2) is 14.4 Å². The van der Waals surface area contributed by atoms with E-state index in [0.29, 0.717) is 13.0 Å². The van der Waals surface area contributed by atoms with Crippen LogP contribution >= 0.6 is 0 Å². The summed E-state index contributed by atoms with van der Waals surface area (Å²) < 4.78 is 18.2. The summed E-state index contributed by atoms with van der Waals surface area (Å²) in [4.78, 5) is 8.86. The largest absolute Gasteiger partial charge is 0.490 e. The van der Waals surface area contributed by atoms with Crippen LogP contribution in [-0.4, -0.2) is 22.7 Å². The Morgan fingerprint density at radius 1 is 1.08 bits per heavy atom. The molecule has 2 aromatic rings. The van der Waals surface area contributed by atoms with Gasteiger partial charge in [-0.15, -0.1) is 0 Å². The molecular formula is C20H25FN2O. The Kier molecular flexibility index (Phi) is 7.40. The lowest BCUT2D eigenvalue weighted by atomic mass is 10.1. The van der Waals surface area contributed by atoms with Crippen LogP contribution in [0.2, 0.25) is 0 Å². The summed E-state index contributed by atoms with van der Waals surface area (Å²) in [5, 5.41) is 0. The smallest absolute Gasteiger partial charge is 0.128 e. The highest BCUT2D eigenvalue weighted by molar-refractivity contribution is 5.62. The predicted molar refractivity (Wildman–Crippen MR) is 95.9 cm³/mol. The fraction of sp³-hybridized carbons (Fsp3) is 0.400. The van der Waals surface area contributed by atoms with Crippen LogP contribution in [0.3, 0.4) is 0 Å². The van der Waals surface area contributed by atoms with Crippen LogP contribution in [-0.2, 0) is 6.42 Å². The number of hydrogen-bond acceptors (Lipinski definition) is 3.